The number of aromatic amines is 1. The van der Waals surface area contributed by atoms with Crippen LogP contribution in [-0.2, 0) is 10.2 Å². The Kier molecular flexibility index (Phi) is 3.16. The fraction of sp³-hybridized carbons (Fsp3) is 0.167. The number of hydrogen-bond donors (Lipinski definition) is 2. The fourth-order valence-corrected chi connectivity index (χ4v) is 3.23. The van der Waals surface area contributed by atoms with E-state index in [0.29, 0.717) is 16.2 Å². The molecule has 0 atom stereocenters. The van der Waals surface area contributed by atoms with E-state index in [4.69, 9.17) is 11.6 Å². The molecule has 1 amide bonds. The second-order valence-corrected chi connectivity index (χ2v) is 6.32. The lowest BCUT2D eigenvalue weighted by Gasteiger charge is -2.15. The quantitative estimate of drug-likeness (QED) is 0.723. The normalized spacial score (nSPS) is 15.6. The average Bonchev–Trinajstić information content (AvgIpc) is 3.24. The number of benzene rings is 2. The maximum Gasteiger partial charge on any atom is 0.235 e. The predicted octanol–water partition coefficient (Wildman–Crippen LogP) is 4.63. The van der Waals surface area contributed by atoms with Crippen LogP contribution in [0.4, 0.5) is 10.1 Å². The molecule has 1 heterocycles. The molecule has 0 bridgehead atoms. The molecular formula is C18H14ClFN2O. The summed E-state index contributed by atoms with van der Waals surface area (Å²) >= 11 is 6.11. The summed E-state index contributed by atoms with van der Waals surface area (Å²) in [6.45, 7) is 0. The molecule has 5 heteroatoms. The molecule has 4 rings (SSSR count). The van der Waals surface area contributed by atoms with E-state index in [-0.39, 0.29) is 11.7 Å². The second-order valence-electron chi connectivity index (χ2n) is 5.91. The van der Waals surface area contributed by atoms with Crippen molar-refractivity contribution in [3.63, 3.8) is 0 Å². The van der Waals surface area contributed by atoms with Gasteiger partial charge in [0.2, 0.25) is 5.91 Å². The smallest absolute Gasteiger partial charge is 0.235 e. The van der Waals surface area contributed by atoms with Crippen molar-refractivity contribution in [2.75, 3.05) is 5.32 Å². The van der Waals surface area contributed by atoms with Crippen LogP contribution in [0.3, 0.4) is 0 Å². The summed E-state index contributed by atoms with van der Waals surface area (Å²) in [6.07, 6.45) is 3.35. The van der Waals surface area contributed by atoms with Gasteiger partial charge in [-0.05, 0) is 48.7 Å². The molecule has 1 aliphatic rings. The van der Waals surface area contributed by atoms with E-state index in [9.17, 15) is 9.18 Å². The first kappa shape index (κ1) is 14.3. The minimum Gasteiger partial charge on any atom is -0.361 e. The summed E-state index contributed by atoms with van der Waals surface area (Å²) in [5.41, 5.74) is 1.67. The lowest BCUT2D eigenvalue weighted by molar-refractivity contribution is -0.118. The van der Waals surface area contributed by atoms with Crippen LogP contribution in [0, 0.1) is 5.82 Å². The number of para-hydroxylation sites is 1. The highest BCUT2D eigenvalue weighted by Crippen LogP contribution is 2.51. The molecule has 1 saturated carbocycles. The van der Waals surface area contributed by atoms with Gasteiger partial charge in [-0.1, -0.05) is 23.7 Å². The van der Waals surface area contributed by atoms with Crippen LogP contribution in [0.2, 0.25) is 5.02 Å². The number of anilines is 1. The van der Waals surface area contributed by atoms with Crippen molar-refractivity contribution in [1.82, 2.24) is 4.98 Å². The summed E-state index contributed by atoms with van der Waals surface area (Å²) in [5, 5.41) is 4.32. The lowest BCUT2D eigenvalue weighted by atomic mass is 9.94. The van der Waals surface area contributed by atoms with E-state index in [1.165, 1.54) is 12.1 Å². The number of halogens is 2. The van der Waals surface area contributed by atoms with Crippen molar-refractivity contribution in [2.45, 2.75) is 18.3 Å². The molecule has 23 heavy (non-hydrogen) atoms. The van der Waals surface area contributed by atoms with Gasteiger partial charge in [0.1, 0.15) is 5.82 Å². The molecule has 0 unspecified atom stereocenters. The van der Waals surface area contributed by atoms with Crippen LogP contribution >= 0.6 is 11.6 Å². The van der Waals surface area contributed by atoms with E-state index in [1.54, 1.807) is 18.2 Å². The zero-order chi connectivity index (χ0) is 16.0. The first-order valence-corrected chi connectivity index (χ1v) is 7.81. The summed E-state index contributed by atoms with van der Waals surface area (Å²) in [7, 11) is 0. The van der Waals surface area contributed by atoms with Crippen molar-refractivity contribution in [3.8, 4) is 0 Å². The van der Waals surface area contributed by atoms with Gasteiger partial charge in [-0.2, -0.15) is 0 Å². The van der Waals surface area contributed by atoms with E-state index in [1.807, 2.05) is 18.3 Å². The van der Waals surface area contributed by atoms with Gasteiger partial charge < -0.3 is 10.3 Å². The average molecular weight is 329 g/mol. The number of amides is 1. The van der Waals surface area contributed by atoms with Gasteiger partial charge in [0.15, 0.2) is 0 Å². The minimum absolute atomic E-state index is 0.0733. The summed E-state index contributed by atoms with van der Waals surface area (Å²) in [6, 6.07) is 11.8. The van der Waals surface area contributed by atoms with Gasteiger partial charge >= 0.3 is 0 Å². The van der Waals surface area contributed by atoms with Gasteiger partial charge in [0, 0.05) is 17.1 Å². The van der Waals surface area contributed by atoms with Crippen molar-refractivity contribution in [2.24, 2.45) is 0 Å². The Morgan fingerprint density at radius 3 is 2.74 bits per heavy atom. The van der Waals surface area contributed by atoms with E-state index in [2.05, 4.69) is 10.3 Å². The van der Waals surface area contributed by atoms with Crippen LogP contribution < -0.4 is 5.32 Å². The van der Waals surface area contributed by atoms with Gasteiger partial charge in [-0.25, -0.2) is 4.39 Å². The van der Waals surface area contributed by atoms with E-state index >= 15 is 0 Å². The van der Waals surface area contributed by atoms with Crippen molar-refractivity contribution in [1.29, 1.82) is 0 Å². The minimum atomic E-state index is -0.560. The third kappa shape index (κ3) is 2.30. The zero-order valence-electron chi connectivity index (χ0n) is 12.2. The Hall–Kier alpha value is -2.33. The first-order valence-electron chi connectivity index (χ1n) is 7.43. The SMILES string of the molecule is O=C(Nc1ccccc1Cl)C1(c2c[nH]c3cc(F)ccc23)CC1. The van der Waals surface area contributed by atoms with E-state index < -0.39 is 5.41 Å². The molecule has 1 fully saturated rings. The molecule has 0 spiro atoms. The van der Waals surface area contributed by atoms with Crippen LogP contribution in [0.1, 0.15) is 18.4 Å². The molecule has 0 saturated heterocycles. The number of fused-ring (bicyclic) bond motifs is 1. The van der Waals surface area contributed by atoms with Gasteiger partial charge in [-0.3, -0.25) is 4.79 Å². The lowest BCUT2D eigenvalue weighted by Crippen LogP contribution is -2.27. The topological polar surface area (TPSA) is 44.9 Å². The summed E-state index contributed by atoms with van der Waals surface area (Å²) in [5.74, 6) is -0.368. The molecule has 1 aromatic heterocycles. The first-order chi connectivity index (χ1) is 11.1. The summed E-state index contributed by atoms with van der Waals surface area (Å²) in [4.78, 5) is 15.9. The van der Waals surface area contributed by atoms with Gasteiger partial charge in [0.25, 0.3) is 0 Å². The molecule has 0 radical (unpaired) electrons. The highest BCUT2D eigenvalue weighted by atomic mass is 35.5. The zero-order valence-corrected chi connectivity index (χ0v) is 13.0. The number of rotatable bonds is 3. The number of aromatic nitrogens is 1. The molecule has 116 valence electrons. The number of hydrogen-bond acceptors (Lipinski definition) is 1. The van der Waals surface area contributed by atoms with Crippen LogP contribution in [0.25, 0.3) is 10.9 Å². The molecule has 2 N–H and O–H groups in total. The highest BCUT2D eigenvalue weighted by molar-refractivity contribution is 6.33. The maximum atomic E-state index is 13.3. The predicted molar refractivity (Wildman–Crippen MR) is 89.3 cm³/mol. The fourth-order valence-electron chi connectivity index (χ4n) is 3.04. The van der Waals surface area contributed by atoms with Gasteiger partial charge in [-0.15, -0.1) is 0 Å². The second kappa shape index (κ2) is 5.10. The molecule has 2 aromatic carbocycles. The van der Waals surface area contributed by atoms with E-state index in [0.717, 1.165) is 23.8 Å². The Balaban J connectivity index is 1.70. The summed E-state index contributed by atoms with van der Waals surface area (Å²) < 4.78 is 13.3. The molecular weight excluding hydrogens is 315 g/mol. The standard InChI is InChI=1S/C18H14ClFN2O/c19-14-3-1-2-4-15(14)22-17(23)18(7-8-18)13-10-21-16-9-11(20)5-6-12(13)16/h1-6,9-10,21H,7-8H2,(H,22,23). The largest absolute Gasteiger partial charge is 0.361 e. The van der Waals surface area contributed by atoms with Gasteiger partial charge in [0.05, 0.1) is 16.1 Å². The Labute approximate surface area is 137 Å². The highest BCUT2D eigenvalue weighted by Gasteiger charge is 2.52. The van der Waals surface area contributed by atoms with Crippen LogP contribution in [0.15, 0.2) is 48.7 Å². The third-order valence-corrected chi connectivity index (χ3v) is 4.80. The van der Waals surface area contributed by atoms with Crippen molar-refractivity contribution < 1.29 is 9.18 Å². The van der Waals surface area contributed by atoms with Crippen molar-refractivity contribution in [3.05, 3.63) is 65.1 Å². The Morgan fingerprint density at radius 1 is 1.22 bits per heavy atom. The van der Waals surface area contributed by atoms with Crippen LogP contribution in [-0.4, -0.2) is 10.9 Å². The number of carbonyl (C=O) groups excluding carboxylic acids is 1. The molecule has 0 aliphatic heterocycles. The number of carbonyl (C=O) groups is 1. The number of H-pyrrole nitrogens is 1. The molecule has 1 aliphatic carbocycles. The number of nitrogens with one attached hydrogen (secondary N) is 2. The Morgan fingerprint density at radius 2 is 2.00 bits per heavy atom. The maximum absolute atomic E-state index is 13.3. The van der Waals surface area contributed by atoms with Crippen molar-refractivity contribution >= 4 is 34.1 Å². The third-order valence-electron chi connectivity index (χ3n) is 4.47. The monoisotopic (exact) mass is 328 g/mol. The molecule has 3 nitrogen and oxygen atoms in total. The van der Waals surface area contributed by atoms with Crippen LogP contribution in [0.5, 0.6) is 0 Å². The molecule has 3 aromatic rings. The Bertz CT molecular complexity index is 914.